The number of aryl methyl sites for hydroxylation is 1. The van der Waals surface area contributed by atoms with Gasteiger partial charge in [0.1, 0.15) is 11.6 Å². The van der Waals surface area contributed by atoms with Crippen LogP contribution in [0.25, 0.3) is 0 Å². The number of nitrogens with one attached hydrogen (secondary N) is 1. The fourth-order valence-electron chi connectivity index (χ4n) is 2.56. The van der Waals surface area contributed by atoms with Crippen LogP contribution >= 0.6 is 0 Å². The van der Waals surface area contributed by atoms with E-state index in [-0.39, 0.29) is 0 Å². The lowest BCUT2D eigenvalue weighted by Gasteiger charge is -2.14. The average Bonchev–Trinajstić information content (AvgIpc) is 2.65. The number of hydrogen-bond donors (Lipinski definition) is 1. The van der Waals surface area contributed by atoms with Gasteiger partial charge in [-0.3, -0.25) is 0 Å². The Morgan fingerprint density at radius 2 is 1.95 bits per heavy atom. The second-order valence-corrected chi connectivity index (χ2v) is 4.95. The monoisotopic (exact) mass is 263 g/mol. The summed E-state index contributed by atoms with van der Waals surface area (Å²) in [6.45, 7) is 6.51. The SMILES string of the molecule is CCNc1nc(CCOCC)nc2c1CCCCC2. The van der Waals surface area contributed by atoms with Gasteiger partial charge >= 0.3 is 0 Å². The van der Waals surface area contributed by atoms with Crippen LogP contribution < -0.4 is 5.32 Å². The molecule has 4 heteroatoms. The number of hydrogen-bond acceptors (Lipinski definition) is 4. The second-order valence-electron chi connectivity index (χ2n) is 4.95. The van der Waals surface area contributed by atoms with Crippen LogP contribution in [0.3, 0.4) is 0 Å². The Hall–Kier alpha value is -1.16. The summed E-state index contributed by atoms with van der Waals surface area (Å²) in [6.07, 6.45) is 6.82. The van der Waals surface area contributed by atoms with Crippen molar-refractivity contribution in [2.24, 2.45) is 0 Å². The van der Waals surface area contributed by atoms with Crippen molar-refractivity contribution in [1.29, 1.82) is 0 Å². The van der Waals surface area contributed by atoms with Gasteiger partial charge in [-0.1, -0.05) is 6.42 Å². The topological polar surface area (TPSA) is 47.0 Å². The molecule has 2 rings (SSSR count). The molecule has 0 fully saturated rings. The molecule has 19 heavy (non-hydrogen) atoms. The molecule has 1 aliphatic carbocycles. The Kier molecular flexibility index (Phi) is 5.58. The molecular formula is C15H25N3O. The maximum atomic E-state index is 5.41. The molecule has 0 spiro atoms. The van der Waals surface area contributed by atoms with Crippen molar-refractivity contribution in [1.82, 2.24) is 9.97 Å². The lowest BCUT2D eigenvalue weighted by Crippen LogP contribution is -2.12. The fourth-order valence-corrected chi connectivity index (χ4v) is 2.56. The van der Waals surface area contributed by atoms with Crippen LogP contribution in [0.4, 0.5) is 5.82 Å². The van der Waals surface area contributed by atoms with E-state index in [0.717, 1.165) is 44.1 Å². The quantitative estimate of drug-likeness (QED) is 0.633. The summed E-state index contributed by atoms with van der Waals surface area (Å²) in [4.78, 5) is 9.44. The zero-order chi connectivity index (χ0) is 13.5. The molecule has 0 saturated carbocycles. The van der Waals surface area contributed by atoms with Gasteiger partial charge in [-0.05, 0) is 39.5 Å². The molecular weight excluding hydrogens is 238 g/mol. The van der Waals surface area contributed by atoms with Crippen molar-refractivity contribution in [2.45, 2.75) is 52.4 Å². The van der Waals surface area contributed by atoms with Crippen LogP contribution in [-0.2, 0) is 24.0 Å². The molecule has 1 heterocycles. The summed E-state index contributed by atoms with van der Waals surface area (Å²) in [5.74, 6) is 1.98. The average molecular weight is 263 g/mol. The molecule has 1 aromatic heterocycles. The molecule has 0 saturated heterocycles. The smallest absolute Gasteiger partial charge is 0.133 e. The third-order valence-electron chi connectivity index (χ3n) is 3.50. The predicted molar refractivity (Wildman–Crippen MR) is 77.7 cm³/mol. The first-order valence-corrected chi connectivity index (χ1v) is 7.55. The standard InChI is InChI=1S/C15H25N3O/c1-3-16-15-12-8-6-5-7-9-13(12)17-14(18-15)10-11-19-4-2/h3-11H2,1-2H3,(H,16,17,18). The van der Waals surface area contributed by atoms with Gasteiger partial charge in [-0.25, -0.2) is 9.97 Å². The van der Waals surface area contributed by atoms with Crippen LogP contribution in [0.15, 0.2) is 0 Å². The maximum absolute atomic E-state index is 5.41. The van der Waals surface area contributed by atoms with Crippen molar-refractivity contribution in [3.8, 4) is 0 Å². The zero-order valence-electron chi connectivity index (χ0n) is 12.2. The Morgan fingerprint density at radius 1 is 1.11 bits per heavy atom. The van der Waals surface area contributed by atoms with E-state index in [1.807, 2.05) is 6.92 Å². The van der Waals surface area contributed by atoms with Crippen LogP contribution in [0.2, 0.25) is 0 Å². The van der Waals surface area contributed by atoms with Gasteiger partial charge in [0.05, 0.1) is 6.61 Å². The number of nitrogens with zero attached hydrogens (tertiary/aromatic N) is 2. The summed E-state index contributed by atoms with van der Waals surface area (Å²) in [5, 5.41) is 3.40. The highest BCUT2D eigenvalue weighted by Crippen LogP contribution is 2.24. The number of ether oxygens (including phenoxy) is 1. The van der Waals surface area contributed by atoms with Crippen LogP contribution in [0, 0.1) is 0 Å². The number of fused-ring (bicyclic) bond motifs is 1. The summed E-state index contributed by atoms with van der Waals surface area (Å²) in [7, 11) is 0. The molecule has 106 valence electrons. The van der Waals surface area contributed by atoms with Gasteiger partial charge in [0.25, 0.3) is 0 Å². The lowest BCUT2D eigenvalue weighted by atomic mass is 10.1. The van der Waals surface area contributed by atoms with Crippen LogP contribution in [0.1, 0.15) is 50.2 Å². The molecule has 0 atom stereocenters. The Morgan fingerprint density at radius 3 is 2.74 bits per heavy atom. The largest absolute Gasteiger partial charge is 0.381 e. The Labute approximate surface area is 116 Å². The minimum atomic E-state index is 0.709. The third-order valence-corrected chi connectivity index (χ3v) is 3.50. The highest BCUT2D eigenvalue weighted by molar-refractivity contribution is 5.47. The van der Waals surface area contributed by atoms with Gasteiger partial charge < -0.3 is 10.1 Å². The van der Waals surface area contributed by atoms with Gasteiger partial charge in [-0.15, -0.1) is 0 Å². The second kappa shape index (κ2) is 7.43. The van der Waals surface area contributed by atoms with E-state index in [1.54, 1.807) is 0 Å². The molecule has 0 amide bonds. The fraction of sp³-hybridized carbons (Fsp3) is 0.733. The molecule has 1 N–H and O–H groups in total. The van der Waals surface area contributed by atoms with Crippen LogP contribution in [-0.4, -0.2) is 29.7 Å². The van der Waals surface area contributed by atoms with E-state index in [9.17, 15) is 0 Å². The minimum absolute atomic E-state index is 0.709. The van der Waals surface area contributed by atoms with Crippen molar-refractivity contribution in [3.05, 3.63) is 17.1 Å². The highest BCUT2D eigenvalue weighted by atomic mass is 16.5. The zero-order valence-corrected chi connectivity index (χ0v) is 12.2. The van der Waals surface area contributed by atoms with Gasteiger partial charge in [0, 0.05) is 30.8 Å². The Bertz CT molecular complexity index is 407. The molecule has 0 unspecified atom stereocenters. The Balaban J connectivity index is 2.21. The first kappa shape index (κ1) is 14.3. The van der Waals surface area contributed by atoms with Gasteiger partial charge in [-0.2, -0.15) is 0 Å². The van der Waals surface area contributed by atoms with Crippen molar-refractivity contribution >= 4 is 5.82 Å². The van der Waals surface area contributed by atoms with E-state index < -0.39 is 0 Å². The van der Waals surface area contributed by atoms with Gasteiger partial charge in [0.2, 0.25) is 0 Å². The maximum Gasteiger partial charge on any atom is 0.133 e. The molecule has 0 aliphatic heterocycles. The molecule has 0 bridgehead atoms. The minimum Gasteiger partial charge on any atom is -0.381 e. The van der Waals surface area contributed by atoms with Crippen molar-refractivity contribution in [2.75, 3.05) is 25.1 Å². The highest BCUT2D eigenvalue weighted by Gasteiger charge is 2.16. The summed E-state index contributed by atoms with van der Waals surface area (Å²) >= 11 is 0. The van der Waals surface area contributed by atoms with Gasteiger partial charge in [0.15, 0.2) is 0 Å². The molecule has 1 aliphatic rings. The van der Waals surface area contributed by atoms with E-state index in [4.69, 9.17) is 9.72 Å². The predicted octanol–water partition coefficient (Wildman–Crippen LogP) is 2.76. The van der Waals surface area contributed by atoms with Crippen LogP contribution in [0.5, 0.6) is 0 Å². The first-order valence-electron chi connectivity index (χ1n) is 7.55. The first-order chi connectivity index (χ1) is 9.35. The summed E-state index contributed by atoms with van der Waals surface area (Å²) in [6, 6.07) is 0. The molecule has 4 nitrogen and oxygen atoms in total. The van der Waals surface area contributed by atoms with E-state index >= 15 is 0 Å². The normalized spacial score (nSPS) is 14.8. The van der Waals surface area contributed by atoms with E-state index in [2.05, 4.69) is 17.2 Å². The van der Waals surface area contributed by atoms with E-state index in [0.29, 0.717) is 6.61 Å². The number of rotatable bonds is 6. The third kappa shape index (κ3) is 3.90. The molecule has 0 radical (unpaired) electrons. The number of anilines is 1. The molecule has 1 aromatic rings. The summed E-state index contributed by atoms with van der Waals surface area (Å²) in [5.41, 5.74) is 2.61. The summed E-state index contributed by atoms with van der Waals surface area (Å²) < 4.78 is 5.41. The molecule has 0 aromatic carbocycles. The lowest BCUT2D eigenvalue weighted by molar-refractivity contribution is 0.149. The van der Waals surface area contributed by atoms with E-state index in [1.165, 1.54) is 30.5 Å². The number of aromatic nitrogens is 2. The van der Waals surface area contributed by atoms with Crippen molar-refractivity contribution in [3.63, 3.8) is 0 Å². The van der Waals surface area contributed by atoms with Crippen molar-refractivity contribution < 1.29 is 4.74 Å².